The predicted molar refractivity (Wildman–Crippen MR) is 134 cm³/mol. The van der Waals surface area contributed by atoms with Gasteiger partial charge >= 0.3 is 18.4 Å². The van der Waals surface area contributed by atoms with Crippen LogP contribution < -0.4 is 5.43 Å². The largest absolute Gasteiger partial charge is 0.416 e. The minimum absolute atomic E-state index is 0.0497. The first-order valence-corrected chi connectivity index (χ1v) is 11.9. The van der Waals surface area contributed by atoms with Gasteiger partial charge in [0, 0.05) is 28.2 Å². The third kappa shape index (κ3) is 5.51. The Morgan fingerprint density at radius 1 is 0.854 bits per heavy atom. The number of aromatic amines is 1. The summed E-state index contributed by atoms with van der Waals surface area (Å²) in [6.07, 6.45) is -7.41. The minimum Gasteiger partial charge on any atom is -0.361 e. The van der Waals surface area contributed by atoms with Crippen LogP contribution in [-0.4, -0.2) is 32.7 Å². The Labute approximate surface area is 227 Å². The lowest BCUT2D eigenvalue weighted by molar-refractivity contribution is -0.143. The number of fused-ring (bicyclic) bond motifs is 1. The van der Waals surface area contributed by atoms with Crippen LogP contribution in [0.4, 0.5) is 31.1 Å². The Hall–Kier alpha value is -5.07. The molecule has 0 spiro atoms. The zero-order chi connectivity index (χ0) is 29.5. The van der Waals surface area contributed by atoms with Crippen LogP contribution in [-0.2, 0) is 23.7 Å². The van der Waals surface area contributed by atoms with Crippen LogP contribution in [0.5, 0.6) is 0 Å². The van der Waals surface area contributed by atoms with E-state index in [0.29, 0.717) is 38.5 Å². The zero-order valence-electron chi connectivity index (χ0n) is 20.7. The van der Waals surface area contributed by atoms with Crippen molar-refractivity contribution in [2.75, 3.05) is 0 Å². The number of imide groups is 1. The fraction of sp³-hybridized carbons (Fsp3) is 0.107. The summed E-state index contributed by atoms with van der Waals surface area (Å²) in [4.78, 5) is 43.2. The van der Waals surface area contributed by atoms with Gasteiger partial charge in [0.05, 0.1) is 17.7 Å². The number of hydrogen-bond acceptors (Lipinski definition) is 3. The molecule has 210 valence electrons. The van der Waals surface area contributed by atoms with Crippen molar-refractivity contribution in [3.63, 3.8) is 0 Å². The lowest BCUT2D eigenvalue weighted by atomic mass is 10.0. The van der Waals surface area contributed by atoms with Crippen molar-refractivity contribution < 1.29 is 40.7 Å². The first-order chi connectivity index (χ1) is 19.3. The van der Waals surface area contributed by atoms with Crippen molar-refractivity contribution in [3.05, 3.63) is 113 Å². The molecule has 41 heavy (non-hydrogen) atoms. The van der Waals surface area contributed by atoms with Gasteiger partial charge in [-0.3, -0.25) is 19.9 Å². The summed E-state index contributed by atoms with van der Waals surface area (Å²) in [5.74, 6) is -1.82. The van der Waals surface area contributed by atoms with Crippen LogP contribution in [0, 0.1) is 0 Å². The van der Waals surface area contributed by atoms with Crippen molar-refractivity contribution in [1.82, 2.24) is 20.3 Å². The number of nitrogens with one attached hydrogen (secondary N) is 2. The maximum Gasteiger partial charge on any atom is 0.416 e. The quantitative estimate of drug-likeness (QED) is 0.166. The summed E-state index contributed by atoms with van der Waals surface area (Å²) in [5, 5.41) is 1.28. The molecule has 4 amide bonds. The normalized spacial score (nSPS) is 15.3. The molecular weight excluding hydrogens is 554 g/mol. The molecule has 3 aromatic carbocycles. The van der Waals surface area contributed by atoms with E-state index in [9.17, 15) is 40.7 Å². The van der Waals surface area contributed by atoms with Gasteiger partial charge in [0.1, 0.15) is 5.70 Å². The van der Waals surface area contributed by atoms with E-state index in [1.807, 2.05) is 0 Å². The second-order valence-electron chi connectivity index (χ2n) is 9.05. The zero-order valence-corrected chi connectivity index (χ0v) is 20.7. The first-order valence-electron chi connectivity index (χ1n) is 11.9. The summed E-state index contributed by atoms with van der Waals surface area (Å²) in [6.45, 7) is -0.923. The molecule has 1 fully saturated rings. The van der Waals surface area contributed by atoms with E-state index in [1.54, 1.807) is 42.5 Å². The van der Waals surface area contributed by atoms with Crippen LogP contribution in [0.3, 0.4) is 0 Å². The molecule has 1 aliphatic heterocycles. The summed E-state index contributed by atoms with van der Waals surface area (Å²) < 4.78 is 80.3. The molecular formula is C28H18F6N4O3. The molecule has 1 saturated heterocycles. The standard InChI is InChI=1S/C28H18F6N4O3/c29-27(30,31)19-10-16(11-20(13-19)28(32,33)34)15-37-25(40)23(12-18-14-35-22-9-5-4-8-21(18)22)38(26(37)41)36-24(39)17-6-2-1-3-7-17/h1-14,35H,15H2,(H,36,39). The number of urea groups is 1. The van der Waals surface area contributed by atoms with Crippen molar-refractivity contribution in [3.8, 4) is 0 Å². The van der Waals surface area contributed by atoms with Gasteiger partial charge in [-0.15, -0.1) is 0 Å². The number of nitrogens with zero attached hydrogens (tertiary/aromatic N) is 2. The van der Waals surface area contributed by atoms with Crippen LogP contribution in [0.25, 0.3) is 17.0 Å². The van der Waals surface area contributed by atoms with Crippen molar-refractivity contribution in [2.24, 2.45) is 0 Å². The third-order valence-electron chi connectivity index (χ3n) is 6.28. The number of H-pyrrole nitrogens is 1. The molecule has 2 heterocycles. The number of aromatic nitrogens is 1. The van der Waals surface area contributed by atoms with Crippen molar-refractivity contribution in [1.29, 1.82) is 0 Å². The number of carbonyl (C=O) groups is 3. The van der Waals surface area contributed by atoms with Crippen LogP contribution >= 0.6 is 0 Å². The van der Waals surface area contributed by atoms with E-state index in [2.05, 4.69) is 10.4 Å². The topological polar surface area (TPSA) is 85.5 Å². The van der Waals surface area contributed by atoms with Gasteiger partial charge in [-0.05, 0) is 48.0 Å². The Morgan fingerprint density at radius 2 is 1.46 bits per heavy atom. The fourth-order valence-electron chi connectivity index (χ4n) is 4.33. The van der Waals surface area contributed by atoms with Crippen LogP contribution in [0.1, 0.15) is 32.6 Å². The number of benzene rings is 3. The number of carbonyl (C=O) groups excluding carboxylic acids is 3. The number of rotatable bonds is 5. The molecule has 0 bridgehead atoms. The number of hydrazine groups is 1. The molecule has 0 unspecified atom stereocenters. The van der Waals surface area contributed by atoms with E-state index in [-0.39, 0.29) is 17.3 Å². The summed E-state index contributed by atoms with van der Waals surface area (Å²) in [6, 6.07) is 14.3. The Kier molecular flexibility index (Phi) is 6.81. The van der Waals surface area contributed by atoms with E-state index < -0.39 is 53.4 Å². The fourth-order valence-corrected chi connectivity index (χ4v) is 4.33. The molecule has 0 aliphatic carbocycles. The number of amides is 4. The highest BCUT2D eigenvalue weighted by Gasteiger charge is 2.43. The van der Waals surface area contributed by atoms with Crippen molar-refractivity contribution in [2.45, 2.75) is 18.9 Å². The molecule has 13 heteroatoms. The first kappa shape index (κ1) is 27.5. The third-order valence-corrected chi connectivity index (χ3v) is 6.28. The molecule has 2 N–H and O–H groups in total. The summed E-state index contributed by atoms with van der Waals surface area (Å²) in [7, 11) is 0. The molecule has 1 aliphatic rings. The molecule has 0 saturated carbocycles. The van der Waals surface area contributed by atoms with Gasteiger partial charge in [-0.2, -0.15) is 31.4 Å². The molecule has 0 radical (unpaired) electrons. The molecule has 4 aromatic rings. The number of alkyl halides is 6. The highest BCUT2D eigenvalue weighted by molar-refractivity contribution is 6.15. The molecule has 0 atom stereocenters. The Morgan fingerprint density at radius 3 is 2.10 bits per heavy atom. The average molecular weight is 572 g/mol. The summed E-state index contributed by atoms with van der Waals surface area (Å²) in [5.41, 5.74) is -0.561. The Bertz CT molecular complexity index is 1660. The lowest BCUT2D eigenvalue weighted by Crippen LogP contribution is -2.44. The van der Waals surface area contributed by atoms with Gasteiger partial charge in [0.15, 0.2) is 0 Å². The number of para-hydroxylation sites is 1. The highest BCUT2D eigenvalue weighted by atomic mass is 19.4. The van der Waals surface area contributed by atoms with Crippen molar-refractivity contribution >= 4 is 34.8 Å². The second kappa shape index (κ2) is 10.2. The van der Waals surface area contributed by atoms with Crippen LogP contribution in [0.15, 0.2) is 84.7 Å². The smallest absolute Gasteiger partial charge is 0.361 e. The Balaban J connectivity index is 1.56. The average Bonchev–Trinajstić information content (AvgIpc) is 3.43. The lowest BCUT2D eigenvalue weighted by Gasteiger charge is -2.19. The molecule has 7 nitrogen and oxygen atoms in total. The summed E-state index contributed by atoms with van der Waals surface area (Å²) >= 11 is 0. The minimum atomic E-state index is -5.12. The maximum absolute atomic E-state index is 13.5. The molecule has 5 rings (SSSR count). The van der Waals surface area contributed by atoms with Gasteiger partial charge in [-0.25, -0.2) is 4.79 Å². The predicted octanol–water partition coefficient (Wildman–Crippen LogP) is 6.36. The van der Waals surface area contributed by atoms with Gasteiger partial charge < -0.3 is 4.98 Å². The number of halogens is 6. The second-order valence-corrected chi connectivity index (χ2v) is 9.05. The van der Waals surface area contributed by atoms with E-state index >= 15 is 0 Å². The van der Waals surface area contributed by atoms with E-state index in [0.717, 1.165) is 0 Å². The number of hydrogen-bond donors (Lipinski definition) is 2. The maximum atomic E-state index is 13.5. The van der Waals surface area contributed by atoms with E-state index in [4.69, 9.17) is 0 Å². The molecule has 1 aromatic heterocycles. The van der Waals surface area contributed by atoms with Gasteiger partial charge in [0.25, 0.3) is 11.8 Å². The SMILES string of the molecule is O=C(NN1C(=O)N(Cc2cc(C(F)(F)F)cc(C(F)(F)F)c2)C(=O)C1=Cc1c[nH]c2ccccc12)c1ccccc1. The highest BCUT2D eigenvalue weighted by Crippen LogP contribution is 2.37. The van der Waals surface area contributed by atoms with Crippen LogP contribution in [0.2, 0.25) is 0 Å². The van der Waals surface area contributed by atoms with E-state index in [1.165, 1.54) is 24.4 Å². The van der Waals surface area contributed by atoms with Gasteiger partial charge in [0.2, 0.25) is 0 Å². The van der Waals surface area contributed by atoms with Gasteiger partial charge in [-0.1, -0.05) is 36.4 Å². The monoisotopic (exact) mass is 572 g/mol.